The second-order valence-electron chi connectivity index (χ2n) is 5.34. The molecule has 0 aliphatic carbocycles. The molecule has 2 aromatic rings. The summed E-state index contributed by atoms with van der Waals surface area (Å²) >= 11 is 0. The number of nitrogens with one attached hydrogen (secondary N) is 1. The van der Waals surface area contributed by atoms with E-state index in [0.717, 1.165) is 29.8 Å². The first-order chi connectivity index (χ1) is 10.1. The summed E-state index contributed by atoms with van der Waals surface area (Å²) in [6.07, 6.45) is 1.06. The summed E-state index contributed by atoms with van der Waals surface area (Å²) in [5.41, 5.74) is 3.12. The van der Waals surface area contributed by atoms with E-state index in [0.29, 0.717) is 12.3 Å². The van der Waals surface area contributed by atoms with Crippen molar-refractivity contribution in [2.45, 2.75) is 33.7 Å². The van der Waals surface area contributed by atoms with Gasteiger partial charge in [-0.15, -0.1) is 0 Å². The lowest BCUT2D eigenvalue weighted by Crippen LogP contribution is -2.13. The molecule has 0 bridgehead atoms. The third-order valence-electron chi connectivity index (χ3n) is 3.25. The summed E-state index contributed by atoms with van der Waals surface area (Å²) in [6.45, 7) is 7.70. The van der Waals surface area contributed by atoms with Crippen LogP contribution in [0.15, 0.2) is 36.4 Å². The van der Waals surface area contributed by atoms with E-state index in [1.807, 2.05) is 32.0 Å². The van der Waals surface area contributed by atoms with Crippen LogP contribution in [0.1, 0.15) is 30.0 Å². The van der Waals surface area contributed by atoms with Crippen molar-refractivity contribution in [1.82, 2.24) is 5.32 Å². The van der Waals surface area contributed by atoms with Gasteiger partial charge in [0, 0.05) is 12.6 Å². The smallest absolute Gasteiger partial charge is 0.130 e. The molecule has 0 unspecified atom stereocenters. The Bertz CT molecular complexity index is 610. The molecule has 0 fully saturated rings. The van der Waals surface area contributed by atoms with Crippen molar-refractivity contribution in [3.63, 3.8) is 0 Å². The zero-order valence-corrected chi connectivity index (χ0v) is 12.9. The number of rotatable bonds is 6. The minimum absolute atomic E-state index is 0.273. The lowest BCUT2D eigenvalue weighted by Gasteiger charge is -2.11. The Morgan fingerprint density at radius 3 is 2.62 bits per heavy atom. The van der Waals surface area contributed by atoms with Gasteiger partial charge in [0.2, 0.25) is 0 Å². The Balaban J connectivity index is 2.15. The monoisotopic (exact) mass is 287 g/mol. The van der Waals surface area contributed by atoms with Crippen LogP contribution in [0.2, 0.25) is 0 Å². The normalized spacial score (nSPS) is 10.7. The van der Waals surface area contributed by atoms with Gasteiger partial charge in [0.25, 0.3) is 0 Å². The quantitative estimate of drug-likeness (QED) is 0.775. The van der Waals surface area contributed by atoms with Crippen LogP contribution in [-0.4, -0.2) is 6.54 Å². The van der Waals surface area contributed by atoms with E-state index in [9.17, 15) is 4.39 Å². The Kier molecular flexibility index (Phi) is 5.34. The van der Waals surface area contributed by atoms with Crippen molar-refractivity contribution in [2.24, 2.45) is 0 Å². The summed E-state index contributed by atoms with van der Waals surface area (Å²) in [7, 11) is 0. The maximum Gasteiger partial charge on any atom is 0.130 e. The van der Waals surface area contributed by atoms with Crippen molar-refractivity contribution >= 4 is 0 Å². The Labute approximate surface area is 126 Å². The molecule has 0 spiro atoms. The Morgan fingerprint density at radius 1 is 1.10 bits per heavy atom. The largest absolute Gasteiger partial charge is 0.457 e. The first-order valence-corrected chi connectivity index (χ1v) is 7.34. The molecule has 112 valence electrons. The maximum absolute atomic E-state index is 13.7. The first kappa shape index (κ1) is 15.5. The molecule has 0 amide bonds. The molecule has 0 aliphatic rings. The molecule has 0 aromatic heterocycles. The number of halogens is 1. The molecule has 0 aliphatic heterocycles. The second-order valence-corrected chi connectivity index (χ2v) is 5.34. The molecule has 21 heavy (non-hydrogen) atoms. The summed E-state index contributed by atoms with van der Waals surface area (Å²) in [4.78, 5) is 0. The van der Waals surface area contributed by atoms with Crippen LogP contribution >= 0.6 is 0 Å². The van der Waals surface area contributed by atoms with Crippen molar-refractivity contribution in [3.05, 3.63) is 58.9 Å². The molecule has 0 saturated heterocycles. The minimum atomic E-state index is -0.273. The minimum Gasteiger partial charge on any atom is -0.457 e. The van der Waals surface area contributed by atoms with E-state index in [4.69, 9.17) is 4.74 Å². The van der Waals surface area contributed by atoms with Gasteiger partial charge in [0.1, 0.15) is 17.3 Å². The van der Waals surface area contributed by atoms with Crippen LogP contribution in [0.5, 0.6) is 11.5 Å². The highest BCUT2D eigenvalue weighted by molar-refractivity contribution is 5.40. The molecule has 0 atom stereocenters. The van der Waals surface area contributed by atoms with Gasteiger partial charge in [0.05, 0.1) is 0 Å². The number of benzene rings is 2. The SMILES string of the molecule is CCCNCc1cc(F)cc(Oc2ccc(C)cc2C)c1. The van der Waals surface area contributed by atoms with Crippen LogP contribution in [0, 0.1) is 19.7 Å². The van der Waals surface area contributed by atoms with Gasteiger partial charge >= 0.3 is 0 Å². The second kappa shape index (κ2) is 7.23. The fraction of sp³-hybridized carbons (Fsp3) is 0.333. The van der Waals surface area contributed by atoms with Crippen LogP contribution in [0.25, 0.3) is 0 Å². The van der Waals surface area contributed by atoms with Gasteiger partial charge in [-0.05, 0) is 56.1 Å². The number of aryl methyl sites for hydroxylation is 2. The Hall–Kier alpha value is -1.87. The maximum atomic E-state index is 13.7. The summed E-state index contributed by atoms with van der Waals surface area (Å²) in [5.74, 6) is 1.03. The molecule has 1 N–H and O–H groups in total. The van der Waals surface area contributed by atoms with Crippen molar-refractivity contribution in [1.29, 1.82) is 0 Å². The van der Waals surface area contributed by atoms with Gasteiger partial charge in [-0.2, -0.15) is 0 Å². The highest BCUT2D eigenvalue weighted by atomic mass is 19.1. The standard InChI is InChI=1S/C18H22FNO/c1-4-7-20-12-15-9-16(19)11-17(10-15)21-18-6-5-13(2)8-14(18)3/h5-6,8-11,20H,4,7,12H2,1-3H3. The zero-order valence-electron chi connectivity index (χ0n) is 12.9. The Morgan fingerprint density at radius 2 is 1.90 bits per heavy atom. The van der Waals surface area contributed by atoms with E-state index in [1.54, 1.807) is 0 Å². The first-order valence-electron chi connectivity index (χ1n) is 7.34. The summed E-state index contributed by atoms with van der Waals surface area (Å²) in [6, 6.07) is 10.8. The number of hydrogen-bond acceptors (Lipinski definition) is 2. The molecular weight excluding hydrogens is 265 g/mol. The van der Waals surface area contributed by atoms with Gasteiger partial charge < -0.3 is 10.1 Å². The van der Waals surface area contributed by atoms with E-state index in [-0.39, 0.29) is 5.82 Å². The van der Waals surface area contributed by atoms with Crippen molar-refractivity contribution < 1.29 is 9.13 Å². The number of hydrogen-bond donors (Lipinski definition) is 1. The van der Waals surface area contributed by atoms with Crippen LogP contribution < -0.4 is 10.1 Å². The van der Waals surface area contributed by atoms with E-state index in [1.165, 1.54) is 17.7 Å². The lowest BCUT2D eigenvalue weighted by atomic mass is 10.1. The molecule has 0 heterocycles. The fourth-order valence-electron chi connectivity index (χ4n) is 2.23. The van der Waals surface area contributed by atoms with Crippen LogP contribution in [0.4, 0.5) is 4.39 Å². The highest BCUT2D eigenvalue weighted by Crippen LogP contribution is 2.27. The van der Waals surface area contributed by atoms with Crippen LogP contribution in [-0.2, 0) is 6.54 Å². The van der Waals surface area contributed by atoms with Gasteiger partial charge in [-0.25, -0.2) is 4.39 Å². The van der Waals surface area contributed by atoms with E-state index >= 15 is 0 Å². The molecule has 2 rings (SSSR count). The van der Waals surface area contributed by atoms with Crippen molar-refractivity contribution in [2.75, 3.05) is 6.54 Å². The number of ether oxygens (including phenoxy) is 1. The third-order valence-corrected chi connectivity index (χ3v) is 3.25. The molecule has 0 radical (unpaired) electrons. The molecule has 2 nitrogen and oxygen atoms in total. The predicted octanol–water partition coefficient (Wildman–Crippen LogP) is 4.73. The topological polar surface area (TPSA) is 21.3 Å². The summed E-state index contributed by atoms with van der Waals surface area (Å²) in [5, 5.41) is 3.27. The molecule has 3 heteroatoms. The average molecular weight is 287 g/mol. The van der Waals surface area contributed by atoms with E-state index in [2.05, 4.69) is 18.3 Å². The highest BCUT2D eigenvalue weighted by Gasteiger charge is 2.05. The third kappa shape index (κ3) is 4.57. The van der Waals surface area contributed by atoms with Gasteiger partial charge in [-0.3, -0.25) is 0 Å². The van der Waals surface area contributed by atoms with Crippen LogP contribution in [0.3, 0.4) is 0 Å². The molecule has 0 saturated carbocycles. The van der Waals surface area contributed by atoms with Gasteiger partial charge in [-0.1, -0.05) is 24.6 Å². The predicted molar refractivity (Wildman–Crippen MR) is 84.4 cm³/mol. The van der Waals surface area contributed by atoms with Gasteiger partial charge in [0.15, 0.2) is 0 Å². The zero-order chi connectivity index (χ0) is 15.2. The molecular formula is C18H22FNO. The fourth-order valence-corrected chi connectivity index (χ4v) is 2.23. The van der Waals surface area contributed by atoms with E-state index < -0.39 is 0 Å². The average Bonchev–Trinajstić information content (AvgIpc) is 2.42. The van der Waals surface area contributed by atoms with Crippen molar-refractivity contribution in [3.8, 4) is 11.5 Å². The molecule has 2 aromatic carbocycles. The lowest BCUT2D eigenvalue weighted by molar-refractivity contribution is 0.471. The summed E-state index contributed by atoms with van der Waals surface area (Å²) < 4.78 is 19.5.